The van der Waals surface area contributed by atoms with E-state index in [2.05, 4.69) is 47.6 Å². The van der Waals surface area contributed by atoms with Gasteiger partial charge in [-0.1, -0.05) is 55.5 Å². The number of hydrogen-bond donors (Lipinski definition) is 2. The zero-order chi connectivity index (χ0) is 16.9. The van der Waals surface area contributed by atoms with Gasteiger partial charge in [-0.2, -0.15) is 0 Å². The first-order valence-corrected chi connectivity index (χ1v) is 8.53. The lowest BCUT2D eigenvalue weighted by Crippen LogP contribution is -2.27. The molecule has 3 heteroatoms. The van der Waals surface area contributed by atoms with Crippen LogP contribution in [0.25, 0.3) is 10.9 Å². The van der Waals surface area contributed by atoms with Crippen LogP contribution >= 0.6 is 0 Å². The fraction of sp³-hybridized carbons (Fsp3) is 0.286. The van der Waals surface area contributed by atoms with E-state index in [1.807, 2.05) is 31.2 Å². The molecule has 0 aliphatic rings. The number of hydrogen-bond acceptors (Lipinski definition) is 1. The molecule has 3 aromatic rings. The van der Waals surface area contributed by atoms with E-state index in [0.29, 0.717) is 18.9 Å². The second kappa shape index (κ2) is 7.35. The quantitative estimate of drug-likeness (QED) is 0.697. The molecule has 0 aliphatic carbocycles. The molecule has 1 atom stereocenters. The molecule has 0 saturated carbocycles. The molecule has 0 aliphatic heterocycles. The van der Waals surface area contributed by atoms with Crippen LogP contribution in [-0.4, -0.2) is 17.4 Å². The van der Waals surface area contributed by atoms with Crippen molar-refractivity contribution in [3.63, 3.8) is 0 Å². The number of aromatic amines is 1. The summed E-state index contributed by atoms with van der Waals surface area (Å²) in [5.41, 5.74) is 4.58. The first-order chi connectivity index (χ1) is 11.6. The van der Waals surface area contributed by atoms with Crippen molar-refractivity contribution in [3.8, 4) is 0 Å². The molecule has 2 aromatic carbocycles. The summed E-state index contributed by atoms with van der Waals surface area (Å²) in [6.45, 7) is 4.93. The van der Waals surface area contributed by atoms with Crippen LogP contribution in [0.15, 0.2) is 54.6 Å². The molecular weight excluding hydrogens is 296 g/mol. The predicted octanol–water partition coefficient (Wildman–Crippen LogP) is 4.33. The minimum absolute atomic E-state index is 0.0862. The number of rotatable bonds is 6. The Hall–Kier alpha value is -2.55. The van der Waals surface area contributed by atoms with Gasteiger partial charge in [0.25, 0.3) is 0 Å². The predicted molar refractivity (Wildman–Crippen MR) is 99.2 cm³/mol. The lowest BCUT2D eigenvalue weighted by Gasteiger charge is -2.12. The molecule has 0 bridgehead atoms. The third kappa shape index (κ3) is 3.67. The number of carbonyl (C=O) groups excluding carboxylic acids is 1. The molecule has 3 nitrogen and oxygen atoms in total. The maximum absolute atomic E-state index is 12.3. The fourth-order valence-electron chi connectivity index (χ4n) is 3.16. The molecule has 2 N–H and O–H groups in total. The van der Waals surface area contributed by atoms with Gasteiger partial charge in [-0.25, -0.2) is 0 Å². The molecule has 1 aromatic heterocycles. The number of para-hydroxylation sites is 1. The van der Waals surface area contributed by atoms with Crippen molar-refractivity contribution in [2.45, 2.75) is 32.6 Å². The van der Waals surface area contributed by atoms with Gasteiger partial charge in [-0.15, -0.1) is 0 Å². The molecule has 1 unspecified atom stereocenters. The van der Waals surface area contributed by atoms with Crippen LogP contribution in [0, 0.1) is 6.92 Å². The van der Waals surface area contributed by atoms with Crippen LogP contribution in [0.3, 0.4) is 0 Å². The van der Waals surface area contributed by atoms with Gasteiger partial charge in [0, 0.05) is 23.1 Å². The van der Waals surface area contributed by atoms with E-state index in [9.17, 15) is 4.79 Å². The Kier molecular flexibility index (Phi) is 4.99. The lowest BCUT2D eigenvalue weighted by molar-refractivity contribution is -0.120. The molecule has 0 fully saturated rings. The smallest absolute Gasteiger partial charge is 0.224 e. The second-order valence-corrected chi connectivity index (χ2v) is 6.40. The van der Waals surface area contributed by atoms with Crippen molar-refractivity contribution < 1.29 is 4.79 Å². The standard InChI is InChI=1S/C21H24N2O/c1-15(17-8-4-3-5-9-17)12-13-22-21(24)14-19-16(2)23-20-11-7-6-10-18(19)20/h3-11,15,23H,12-14H2,1-2H3,(H,22,24). The van der Waals surface area contributed by atoms with Gasteiger partial charge in [-0.3, -0.25) is 4.79 Å². The van der Waals surface area contributed by atoms with E-state index in [0.717, 1.165) is 28.6 Å². The maximum atomic E-state index is 12.3. The monoisotopic (exact) mass is 320 g/mol. The maximum Gasteiger partial charge on any atom is 0.224 e. The Morgan fingerprint density at radius 1 is 1.08 bits per heavy atom. The Labute approximate surface area is 143 Å². The van der Waals surface area contributed by atoms with E-state index in [-0.39, 0.29) is 5.91 Å². The van der Waals surface area contributed by atoms with Crippen LogP contribution in [0.4, 0.5) is 0 Å². The summed E-state index contributed by atoms with van der Waals surface area (Å²) < 4.78 is 0. The molecule has 1 heterocycles. The Morgan fingerprint density at radius 2 is 1.79 bits per heavy atom. The van der Waals surface area contributed by atoms with Gasteiger partial charge in [0.1, 0.15) is 0 Å². The topological polar surface area (TPSA) is 44.9 Å². The van der Waals surface area contributed by atoms with Crippen LogP contribution in [-0.2, 0) is 11.2 Å². The minimum Gasteiger partial charge on any atom is -0.358 e. The summed E-state index contributed by atoms with van der Waals surface area (Å²) in [4.78, 5) is 15.6. The Bertz CT molecular complexity index is 820. The summed E-state index contributed by atoms with van der Waals surface area (Å²) in [6, 6.07) is 18.6. The summed E-state index contributed by atoms with van der Waals surface area (Å²) >= 11 is 0. The van der Waals surface area contributed by atoms with E-state index < -0.39 is 0 Å². The largest absolute Gasteiger partial charge is 0.358 e. The number of aryl methyl sites for hydroxylation is 1. The van der Waals surface area contributed by atoms with E-state index in [1.54, 1.807) is 0 Å². The van der Waals surface area contributed by atoms with Crippen molar-refractivity contribution >= 4 is 16.8 Å². The average Bonchev–Trinajstić information content (AvgIpc) is 2.91. The zero-order valence-corrected chi connectivity index (χ0v) is 14.3. The minimum atomic E-state index is 0.0862. The highest BCUT2D eigenvalue weighted by Crippen LogP contribution is 2.22. The number of aromatic nitrogens is 1. The molecule has 0 spiro atoms. The van der Waals surface area contributed by atoms with E-state index in [1.165, 1.54) is 5.56 Å². The molecule has 0 radical (unpaired) electrons. The molecule has 124 valence electrons. The van der Waals surface area contributed by atoms with Crippen LogP contribution in [0.1, 0.15) is 36.1 Å². The molecule has 1 amide bonds. The van der Waals surface area contributed by atoms with Crippen molar-refractivity contribution in [1.82, 2.24) is 10.3 Å². The van der Waals surface area contributed by atoms with Gasteiger partial charge in [-0.05, 0) is 36.5 Å². The van der Waals surface area contributed by atoms with Gasteiger partial charge < -0.3 is 10.3 Å². The number of H-pyrrole nitrogens is 1. The average molecular weight is 320 g/mol. The van der Waals surface area contributed by atoms with Crippen molar-refractivity contribution in [2.75, 3.05) is 6.54 Å². The lowest BCUT2D eigenvalue weighted by atomic mass is 9.98. The first-order valence-electron chi connectivity index (χ1n) is 8.53. The molecule has 24 heavy (non-hydrogen) atoms. The highest BCUT2D eigenvalue weighted by Gasteiger charge is 2.12. The third-order valence-electron chi connectivity index (χ3n) is 4.63. The second-order valence-electron chi connectivity index (χ2n) is 6.40. The van der Waals surface area contributed by atoms with Gasteiger partial charge in [0.05, 0.1) is 6.42 Å². The summed E-state index contributed by atoms with van der Waals surface area (Å²) in [5.74, 6) is 0.532. The van der Waals surface area contributed by atoms with E-state index in [4.69, 9.17) is 0 Å². The highest BCUT2D eigenvalue weighted by atomic mass is 16.1. The van der Waals surface area contributed by atoms with E-state index >= 15 is 0 Å². The SMILES string of the molecule is Cc1[nH]c2ccccc2c1CC(=O)NCCC(C)c1ccccc1. The number of nitrogens with one attached hydrogen (secondary N) is 2. The van der Waals surface area contributed by atoms with Crippen LogP contribution in [0.5, 0.6) is 0 Å². The van der Waals surface area contributed by atoms with Gasteiger partial charge in [0.2, 0.25) is 5.91 Å². The molecule has 0 saturated heterocycles. The third-order valence-corrected chi connectivity index (χ3v) is 4.63. The fourth-order valence-corrected chi connectivity index (χ4v) is 3.16. The summed E-state index contributed by atoms with van der Waals surface area (Å²) in [6.07, 6.45) is 1.37. The van der Waals surface area contributed by atoms with Gasteiger partial charge >= 0.3 is 0 Å². The number of benzene rings is 2. The van der Waals surface area contributed by atoms with Crippen LogP contribution in [0.2, 0.25) is 0 Å². The molecule has 3 rings (SSSR count). The zero-order valence-electron chi connectivity index (χ0n) is 14.3. The van der Waals surface area contributed by atoms with Gasteiger partial charge in [0.15, 0.2) is 0 Å². The number of amides is 1. The van der Waals surface area contributed by atoms with Crippen molar-refractivity contribution in [1.29, 1.82) is 0 Å². The Morgan fingerprint density at radius 3 is 2.58 bits per heavy atom. The van der Waals surface area contributed by atoms with Crippen LogP contribution < -0.4 is 5.32 Å². The normalized spacial score (nSPS) is 12.2. The van der Waals surface area contributed by atoms with Crippen molar-refractivity contribution in [3.05, 3.63) is 71.4 Å². The highest BCUT2D eigenvalue weighted by molar-refractivity contribution is 5.90. The Balaban J connectivity index is 1.55. The molecular formula is C21H24N2O. The first kappa shape index (κ1) is 16.3. The number of carbonyl (C=O) groups is 1. The summed E-state index contributed by atoms with van der Waals surface area (Å²) in [7, 11) is 0. The number of fused-ring (bicyclic) bond motifs is 1. The summed E-state index contributed by atoms with van der Waals surface area (Å²) in [5, 5.41) is 4.20. The van der Waals surface area contributed by atoms with Crippen molar-refractivity contribution in [2.24, 2.45) is 0 Å².